The van der Waals surface area contributed by atoms with Gasteiger partial charge in [0.1, 0.15) is 5.82 Å². The van der Waals surface area contributed by atoms with Gasteiger partial charge in [0.2, 0.25) is 11.8 Å². The number of hydrogen-bond acceptors (Lipinski definition) is 6. The number of anilines is 1. The van der Waals surface area contributed by atoms with Gasteiger partial charge in [-0.3, -0.25) is 14.5 Å². The van der Waals surface area contributed by atoms with E-state index in [1.807, 2.05) is 13.8 Å². The molecule has 1 aliphatic carbocycles. The van der Waals surface area contributed by atoms with Crippen LogP contribution >= 0.6 is 0 Å². The number of nitrogens with zero attached hydrogens (tertiary/aromatic N) is 5. The minimum absolute atomic E-state index is 0.0543. The predicted molar refractivity (Wildman–Crippen MR) is 128 cm³/mol. The van der Waals surface area contributed by atoms with Crippen molar-refractivity contribution in [2.75, 3.05) is 18.0 Å². The number of carbonyl (C=O) groups excluding carboxylic acids is 2. The Bertz CT molecular complexity index is 1260. The van der Waals surface area contributed by atoms with Crippen LogP contribution in [0.15, 0.2) is 35.0 Å². The highest BCUT2D eigenvalue weighted by molar-refractivity contribution is 5.96. The standard InChI is InChI=1S/C25H28F4N6O3/c1-15(2)22-31-24(33-38-22)34(23(37)16-6-4-3-5-7-16)13-12-30-21(36)19-14-35(32-20(19)25(27,28)29)18-10-8-17(26)9-11-18/h8-11,14-16H,3-7,12-13H2,1-2H3,(H,30,36). The van der Waals surface area contributed by atoms with Crippen LogP contribution in [0.3, 0.4) is 0 Å². The van der Waals surface area contributed by atoms with Crippen molar-refractivity contribution in [1.29, 1.82) is 0 Å². The Balaban J connectivity index is 1.51. The van der Waals surface area contributed by atoms with Crippen LogP contribution in [0.4, 0.5) is 23.5 Å². The summed E-state index contributed by atoms with van der Waals surface area (Å²) in [5.74, 6) is -1.70. The normalized spacial score (nSPS) is 14.6. The van der Waals surface area contributed by atoms with Crippen molar-refractivity contribution < 1.29 is 31.7 Å². The second-order valence-corrected chi connectivity index (χ2v) is 9.48. The molecule has 0 radical (unpaired) electrons. The fraction of sp³-hybridized carbons (Fsp3) is 0.480. The van der Waals surface area contributed by atoms with Crippen LogP contribution in [-0.2, 0) is 11.0 Å². The summed E-state index contributed by atoms with van der Waals surface area (Å²) in [7, 11) is 0. The number of halogens is 4. The average Bonchev–Trinajstić information content (AvgIpc) is 3.56. The first-order chi connectivity index (χ1) is 18.0. The molecule has 0 saturated heterocycles. The topological polar surface area (TPSA) is 106 Å². The number of amides is 2. The van der Waals surface area contributed by atoms with E-state index in [1.165, 1.54) is 17.0 Å². The van der Waals surface area contributed by atoms with Gasteiger partial charge in [-0.15, -0.1) is 0 Å². The monoisotopic (exact) mass is 536 g/mol. The van der Waals surface area contributed by atoms with Gasteiger partial charge in [-0.05, 0) is 42.3 Å². The number of hydrogen-bond donors (Lipinski definition) is 1. The number of benzene rings is 1. The molecule has 3 aromatic rings. The molecule has 0 spiro atoms. The molecule has 4 rings (SSSR count). The minimum atomic E-state index is -4.90. The van der Waals surface area contributed by atoms with Crippen LogP contribution in [0.2, 0.25) is 0 Å². The van der Waals surface area contributed by atoms with Crippen LogP contribution in [0, 0.1) is 11.7 Å². The van der Waals surface area contributed by atoms with Gasteiger partial charge in [-0.2, -0.15) is 23.3 Å². The first-order valence-electron chi connectivity index (χ1n) is 12.4. The molecule has 1 aliphatic rings. The fourth-order valence-corrected chi connectivity index (χ4v) is 4.30. The summed E-state index contributed by atoms with van der Waals surface area (Å²) < 4.78 is 60.3. The van der Waals surface area contributed by atoms with Crippen LogP contribution in [0.1, 0.15) is 73.8 Å². The van der Waals surface area contributed by atoms with Gasteiger partial charge in [0.15, 0.2) is 5.69 Å². The van der Waals surface area contributed by atoms with Crippen molar-refractivity contribution in [3.8, 4) is 5.69 Å². The highest BCUT2D eigenvalue weighted by Crippen LogP contribution is 2.32. The number of carbonyl (C=O) groups is 2. The van der Waals surface area contributed by atoms with Crippen molar-refractivity contribution in [2.45, 2.75) is 58.0 Å². The Hall–Kier alpha value is -3.77. The molecular formula is C25H28F4N6O3. The lowest BCUT2D eigenvalue weighted by Gasteiger charge is -2.27. The minimum Gasteiger partial charge on any atom is -0.350 e. The summed E-state index contributed by atoms with van der Waals surface area (Å²) in [4.78, 5) is 31.7. The van der Waals surface area contributed by atoms with Crippen LogP contribution in [0.25, 0.3) is 5.69 Å². The third kappa shape index (κ3) is 6.20. The van der Waals surface area contributed by atoms with E-state index in [0.29, 0.717) is 18.7 Å². The Morgan fingerprint density at radius 3 is 2.45 bits per heavy atom. The SMILES string of the molecule is CC(C)c1nc(N(CCNC(=O)c2cn(-c3ccc(F)cc3)nc2C(F)(F)F)C(=O)C2CCCCC2)no1. The van der Waals surface area contributed by atoms with Gasteiger partial charge in [-0.25, -0.2) is 9.07 Å². The number of nitrogens with one attached hydrogen (secondary N) is 1. The first-order valence-corrected chi connectivity index (χ1v) is 12.4. The van der Waals surface area contributed by atoms with Gasteiger partial charge in [-0.1, -0.05) is 33.1 Å². The lowest BCUT2D eigenvalue weighted by Crippen LogP contribution is -2.43. The Labute approximate surface area is 216 Å². The van der Waals surface area contributed by atoms with Crippen LogP contribution in [0.5, 0.6) is 0 Å². The lowest BCUT2D eigenvalue weighted by molar-refractivity contribution is -0.141. The molecule has 204 valence electrons. The maximum absolute atomic E-state index is 13.7. The Morgan fingerprint density at radius 2 is 1.84 bits per heavy atom. The van der Waals surface area contributed by atoms with Crippen LogP contribution in [-0.4, -0.2) is 44.8 Å². The van der Waals surface area contributed by atoms with Gasteiger partial charge < -0.3 is 9.84 Å². The molecule has 38 heavy (non-hydrogen) atoms. The summed E-state index contributed by atoms with van der Waals surface area (Å²) in [6.07, 6.45) is 0.351. The molecular weight excluding hydrogens is 508 g/mol. The van der Waals surface area contributed by atoms with Gasteiger partial charge in [0.25, 0.3) is 11.9 Å². The van der Waals surface area contributed by atoms with E-state index < -0.39 is 29.2 Å². The van der Waals surface area contributed by atoms with Crippen molar-refractivity contribution in [3.63, 3.8) is 0 Å². The molecule has 0 aliphatic heterocycles. The van der Waals surface area contributed by atoms with E-state index in [9.17, 15) is 27.2 Å². The maximum atomic E-state index is 13.7. The molecule has 1 saturated carbocycles. The third-order valence-electron chi connectivity index (χ3n) is 6.33. The molecule has 0 atom stereocenters. The zero-order valence-corrected chi connectivity index (χ0v) is 21.0. The van der Waals surface area contributed by atoms with Gasteiger partial charge >= 0.3 is 6.18 Å². The summed E-state index contributed by atoms with van der Waals surface area (Å²) in [5.41, 5.74) is -1.93. The second kappa shape index (κ2) is 11.3. The quantitative estimate of drug-likeness (QED) is 0.412. The Morgan fingerprint density at radius 1 is 1.16 bits per heavy atom. The summed E-state index contributed by atoms with van der Waals surface area (Å²) in [6.45, 7) is 3.48. The van der Waals surface area contributed by atoms with Crippen molar-refractivity contribution >= 4 is 17.8 Å². The average molecular weight is 537 g/mol. The maximum Gasteiger partial charge on any atom is 0.435 e. The van der Waals surface area contributed by atoms with Gasteiger partial charge in [0, 0.05) is 31.1 Å². The van der Waals surface area contributed by atoms with Gasteiger partial charge in [0.05, 0.1) is 11.3 Å². The number of aromatic nitrogens is 4. The molecule has 1 fully saturated rings. The molecule has 0 unspecified atom stereocenters. The largest absolute Gasteiger partial charge is 0.435 e. The molecule has 13 heteroatoms. The molecule has 1 aromatic carbocycles. The zero-order chi connectivity index (χ0) is 27.4. The highest BCUT2D eigenvalue weighted by atomic mass is 19.4. The van der Waals surface area contributed by atoms with E-state index in [-0.39, 0.29) is 42.5 Å². The molecule has 0 bridgehead atoms. The molecule has 1 N–H and O–H groups in total. The van der Waals surface area contributed by atoms with E-state index >= 15 is 0 Å². The fourth-order valence-electron chi connectivity index (χ4n) is 4.30. The van der Waals surface area contributed by atoms with Crippen molar-refractivity contribution in [1.82, 2.24) is 25.2 Å². The number of rotatable bonds is 8. The lowest BCUT2D eigenvalue weighted by atomic mass is 9.88. The van der Waals surface area contributed by atoms with Crippen LogP contribution < -0.4 is 10.2 Å². The molecule has 9 nitrogen and oxygen atoms in total. The molecule has 2 aromatic heterocycles. The smallest absolute Gasteiger partial charge is 0.350 e. The van der Waals surface area contributed by atoms with Crippen molar-refractivity contribution in [2.24, 2.45) is 5.92 Å². The van der Waals surface area contributed by atoms with E-state index in [2.05, 4.69) is 20.6 Å². The first kappa shape index (κ1) is 27.3. The van der Waals surface area contributed by atoms with E-state index in [0.717, 1.165) is 42.3 Å². The Kier molecular flexibility index (Phi) is 8.12. The predicted octanol–water partition coefficient (Wildman–Crippen LogP) is 4.88. The summed E-state index contributed by atoms with van der Waals surface area (Å²) >= 11 is 0. The molecule has 2 heterocycles. The van der Waals surface area contributed by atoms with E-state index in [4.69, 9.17) is 4.52 Å². The highest BCUT2D eigenvalue weighted by Gasteiger charge is 2.39. The third-order valence-corrected chi connectivity index (χ3v) is 6.33. The number of alkyl halides is 3. The van der Waals surface area contributed by atoms with Crippen molar-refractivity contribution in [3.05, 3.63) is 53.4 Å². The zero-order valence-electron chi connectivity index (χ0n) is 21.0. The van der Waals surface area contributed by atoms with E-state index in [1.54, 1.807) is 0 Å². The second-order valence-electron chi connectivity index (χ2n) is 9.48. The molecule has 2 amide bonds. The summed E-state index contributed by atoms with van der Waals surface area (Å²) in [5, 5.41) is 9.87. The summed E-state index contributed by atoms with van der Waals surface area (Å²) in [6, 6.07) is 4.64.